The molecule has 33 heavy (non-hydrogen) atoms. The van der Waals surface area contributed by atoms with Crippen molar-refractivity contribution in [2.75, 3.05) is 6.61 Å². The highest BCUT2D eigenvalue weighted by atomic mass is 32.2. The van der Waals surface area contributed by atoms with Crippen LogP contribution in [0.2, 0.25) is 0 Å². The maximum atomic E-state index is 13.5. The van der Waals surface area contributed by atoms with Gasteiger partial charge >= 0.3 is 0 Å². The van der Waals surface area contributed by atoms with E-state index in [1.54, 1.807) is 34.5 Å². The van der Waals surface area contributed by atoms with Crippen LogP contribution in [-0.2, 0) is 17.0 Å². The first kappa shape index (κ1) is 22.2. The number of nitrogens with one attached hydrogen (secondary N) is 1. The Morgan fingerprint density at radius 1 is 1.09 bits per heavy atom. The first-order valence-corrected chi connectivity index (χ1v) is 12.8. The van der Waals surface area contributed by atoms with Crippen molar-refractivity contribution in [1.29, 1.82) is 0 Å². The van der Waals surface area contributed by atoms with Gasteiger partial charge in [0, 0.05) is 24.0 Å². The van der Waals surface area contributed by atoms with Crippen molar-refractivity contribution in [2.24, 2.45) is 0 Å². The van der Waals surface area contributed by atoms with Gasteiger partial charge in [0.2, 0.25) is 0 Å². The predicted octanol–water partition coefficient (Wildman–Crippen LogP) is 4.54. The molecule has 1 saturated carbocycles. The number of nitrogens with zero attached hydrogens (tertiary/aromatic N) is 2. The van der Waals surface area contributed by atoms with E-state index in [9.17, 15) is 9.59 Å². The van der Waals surface area contributed by atoms with Gasteiger partial charge in [-0.2, -0.15) is 0 Å². The largest absolute Gasteiger partial charge is 0.376 e. The third-order valence-corrected chi connectivity index (χ3v) is 7.54. The lowest BCUT2D eigenvalue weighted by atomic mass is 10.1. The lowest BCUT2D eigenvalue weighted by Gasteiger charge is -2.17. The predicted molar refractivity (Wildman–Crippen MR) is 131 cm³/mol. The normalized spacial score (nSPS) is 18.7. The molecule has 1 aromatic heterocycles. The van der Waals surface area contributed by atoms with Gasteiger partial charge in [-0.1, -0.05) is 54.9 Å². The van der Waals surface area contributed by atoms with Gasteiger partial charge in [-0.3, -0.25) is 14.2 Å². The molecular weight excluding hydrogens is 434 g/mol. The zero-order chi connectivity index (χ0) is 22.6. The van der Waals surface area contributed by atoms with Crippen LogP contribution in [0.5, 0.6) is 0 Å². The quantitative estimate of drug-likeness (QED) is 0.411. The molecule has 2 aliphatic rings. The summed E-state index contributed by atoms with van der Waals surface area (Å²) in [5.41, 5.74) is 2.22. The molecule has 0 unspecified atom stereocenters. The standard InChI is InChI=1S/C26H29N3O3S/c30-24(27-20-9-4-5-10-20)19-12-13-22-23(15-19)28-26(33-17-18-7-2-1-3-8-18)29(25(22)31)16-21-11-6-14-32-21/h1-3,7-8,12-13,15,20-21H,4-6,9-11,14,16-17H2,(H,27,30)/t21-/m0/s1. The summed E-state index contributed by atoms with van der Waals surface area (Å²) < 4.78 is 7.56. The molecular formula is C26H29N3O3S. The average Bonchev–Trinajstić information content (AvgIpc) is 3.54. The third-order valence-electron chi connectivity index (χ3n) is 6.49. The van der Waals surface area contributed by atoms with E-state index in [1.807, 2.05) is 18.2 Å². The number of hydrogen-bond acceptors (Lipinski definition) is 5. The molecule has 5 rings (SSSR count). The number of carbonyl (C=O) groups is 1. The maximum Gasteiger partial charge on any atom is 0.262 e. The molecule has 7 heteroatoms. The van der Waals surface area contributed by atoms with Gasteiger partial charge in [-0.15, -0.1) is 0 Å². The Kier molecular flexibility index (Phi) is 6.78. The molecule has 6 nitrogen and oxygen atoms in total. The molecule has 2 heterocycles. The van der Waals surface area contributed by atoms with Crippen molar-refractivity contribution in [3.63, 3.8) is 0 Å². The Morgan fingerprint density at radius 2 is 1.91 bits per heavy atom. The highest BCUT2D eigenvalue weighted by Gasteiger charge is 2.22. The number of benzene rings is 2. The van der Waals surface area contributed by atoms with Crippen LogP contribution in [0.15, 0.2) is 58.5 Å². The molecule has 2 fully saturated rings. The summed E-state index contributed by atoms with van der Waals surface area (Å²) in [4.78, 5) is 31.1. The number of carbonyl (C=O) groups excluding carboxylic acids is 1. The Hall–Kier alpha value is -2.64. The molecule has 2 aromatic carbocycles. The molecule has 0 radical (unpaired) electrons. The summed E-state index contributed by atoms with van der Waals surface area (Å²) in [7, 11) is 0. The summed E-state index contributed by atoms with van der Waals surface area (Å²) in [5.74, 6) is 0.624. The molecule has 1 atom stereocenters. The van der Waals surface area contributed by atoms with E-state index in [4.69, 9.17) is 9.72 Å². The first-order valence-electron chi connectivity index (χ1n) is 11.8. The van der Waals surface area contributed by atoms with Crippen LogP contribution in [0, 0.1) is 0 Å². The fraction of sp³-hybridized carbons (Fsp3) is 0.423. The molecule has 0 spiro atoms. The Balaban J connectivity index is 1.47. The minimum atomic E-state index is -0.0902. The van der Waals surface area contributed by atoms with E-state index >= 15 is 0 Å². The van der Waals surface area contributed by atoms with Crippen LogP contribution in [0.25, 0.3) is 10.9 Å². The van der Waals surface area contributed by atoms with Gasteiger partial charge in [0.25, 0.3) is 11.5 Å². The van der Waals surface area contributed by atoms with Crippen molar-refractivity contribution < 1.29 is 9.53 Å². The highest BCUT2D eigenvalue weighted by molar-refractivity contribution is 7.98. The molecule has 1 saturated heterocycles. The van der Waals surface area contributed by atoms with Gasteiger partial charge < -0.3 is 10.1 Å². The van der Waals surface area contributed by atoms with Gasteiger partial charge in [0.1, 0.15) is 0 Å². The smallest absolute Gasteiger partial charge is 0.262 e. The van der Waals surface area contributed by atoms with Crippen molar-refractivity contribution >= 4 is 28.6 Å². The second-order valence-electron chi connectivity index (χ2n) is 8.91. The Morgan fingerprint density at radius 3 is 2.67 bits per heavy atom. The van der Waals surface area contributed by atoms with E-state index in [0.29, 0.717) is 33.9 Å². The number of aromatic nitrogens is 2. The summed E-state index contributed by atoms with van der Waals surface area (Å²) in [5, 5.41) is 4.33. The molecule has 1 aliphatic heterocycles. The van der Waals surface area contributed by atoms with E-state index < -0.39 is 0 Å². The number of rotatable bonds is 7. The van der Waals surface area contributed by atoms with Crippen LogP contribution in [-0.4, -0.2) is 34.2 Å². The number of thioether (sulfide) groups is 1. The van der Waals surface area contributed by atoms with E-state index in [0.717, 1.165) is 45.1 Å². The third kappa shape index (κ3) is 5.14. The summed E-state index contributed by atoms with van der Waals surface area (Å²) >= 11 is 1.55. The Labute approximate surface area is 197 Å². The molecule has 3 aromatic rings. The van der Waals surface area contributed by atoms with Crippen molar-refractivity contribution in [1.82, 2.24) is 14.9 Å². The minimum Gasteiger partial charge on any atom is -0.376 e. The van der Waals surface area contributed by atoms with Crippen LogP contribution in [0.1, 0.15) is 54.4 Å². The van der Waals surface area contributed by atoms with Gasteiger partial charge in [-0.05, 0) is 49.4 Å². The second-order valence-corrected chi connectivity index (χ2v) is 9.85. The topological polar surface area (TPSA) is 73.2 Å². The zero-order valence-electron chi connectivity index (χ0n) is 18.7. The summed E-state index contributed by atoms with van der Waals surface area (Å²) in [6.07, 6.45) is 6.40. The van der Waals surface area contributed by atoms with Crippen LogP contribution >= 0.6 is 11.8 Å². The summed E-state index contributed by atoms with van der Waals surface area (Å²) in [6, 6.07) is 15.6. The average molecular weight is 464 g/mol. The lowest BCUT2D eigenvalue weighted by Crippen LogP contribution is -2.32. The molecule has 172 valence electrons. The van der Waals surface area contributed by atoms with E-state index in [-0.39, 0.29) is 23.6 Å². The van der Waals surface area contributed by atoms with Crippen LogP contribution < -0.4 is 10.9 Å². The van der Waals surface area contributed by atoms with Crippen LogP contribution in [0.4, 0.5) is 0 Å². The number of hydrogen-bond donors (Lipinski definition) is 1. The van der Waals surface area contributed by atoms with Gasteiger partial charge in [-0.25, -0.2) is 4.98 Å². The van der Waals surface area contributed by atoms with Crippen molar-refractivity contribution in [3.05, 3.63) is 70.0 Å². The Bertz CT molecular complexity index is 1180. The number of amides is 1. The maximum absolute atomic E-state index is 13.5. The molecule has 1 amide bonds. The lowest BCUT2D eigenvalue weighted by molar-refractivity contribution is 0.0935. The molecule has 1 aliphatic carbocycles. The highest BCUT2D eigenvalue weighted by Crippen LogP contribution is 2.25. The monoisotopic (exact) mass is 463 g/mol. The number of fused-ring (bicyclic) bond motifs is 1. The SMILES string of the molecule is O=C(NC1CCCC1)c1ccc2c(=O)n(C[C@@H]3CCCO3)c(SCc3ccccc3)nc2c1. The van der Waals surface area contributed by atoms with Gasteiger partial charge in [0.05, 0.1) is 23.6 Å². The van der Waals surface area contributed by atoms with Crippen molar-refractivity contribution in [2.45, 2.75) is 68.1 Å². The fourth-order valence-corrected chi connectivity index (χ4v) is 5.63. The van der Waals surface area contributed by atoms with E-state index in [2.05, 4.69) is 17.4 Å². The minimum absolute atomic E-state index is 0.0366. The molecule has 1 N–H and O–H groups in total. The van der Waals surface area contributed by atoms with Gasteiger partial charge in [0.15, 0.2) is 5.16 Å². The fourth-order valence-electron chi connectivity index (χ4n) is 4.67. The van der Waals surface area contributed by atoms with Crippen molar-refractivity contribution in [3.8, 4) is 0 Å². The second kappa shape index (κ2) is 10.1. The van der Waals surface area contributed by atoms with Crippen LogP contribution in [0.3, 0.4) is 0 Å². The zero-order valence-corrected chi connectivity index (χ0v) is 19.5. The summed E-state index contributed by atoms with van der Waals surface area (Å²) in [6.45, 7) is 1.25. The molecule has 0 bridgehead atoms. The number of ether oxygens (including phenoxy) is 1. The first-order chi connectivity index (χ1) is 16.2. The van der Waals surface area contributed by atoms with E-state index in [1.165, 1.54) is 5.56 Å².